The molecule has 0 fully saturated rings. The number of aliphatic hydroxyl groups is 2. The van der Waals surface area contributed by atoms with Gasteiger partial charge in [0.05, 0.1) is 5.70 Å². The molecule has 1 aliphatic heterocycles. The molecule has 0 aromatic rings. The van der Waals surface area contributed by atoms with Crippen molar-refractivity contribution in [3.8, 4) is 0 Å². The summed E-state index contributed by atoms with van der Waals surface area (Å²) < 4.78 is 0. The quantitative estimate of drug-likeness (QED) is 0.515. The third kappa shape index (κ3) is 1.31. The molecule has 1 unspecified atom stereocenters. The second-order valence-corrected chi connectivity index (χ2v) is 2.85. The lowest BCUT2D eigenvalue weighted by molar-refractivity contribution is 0.172. The van der Waals surface area contributed by atoms with Crippen LogP contribution >= 0.6 is 0 Å². The molecule has 4 N–H and O–H groups in total. The van der Waals surface area contributed by atoms with E-state index in [9.17, 15) is 10.2 Å². The van der Waals surface area contributed by atoms with Crippen LogP contribution in [0.25, 0.3) is 0 Å². The standard InChI is InChI=1S/C8H14N2O2/c1-5-3-7(11)8(12)6(4-9)10(5)2/h3,7,11-12H,4,9H2,1-2H3. The van der Waals surface area contributed by atoms with Crippen LogP contribution in [0.1, 0.15) is 6.92 Å². The highest BCUT2D eigenvalue weighted by Gasteiger charge is 2.21. The van der Waals surface area contributed by atoms with Crippen molar-refractivity contribution in [1.82, 2.24) is 4.90 Å². The third-order valence-electron chi connectivity index (χ3n) is 2.10. The van der Waals surface area contributed by atoms with Gasteiger partial charge in [-0.15, -0.1) is 0 Å². The highest BCUT2D eigenvalue weighted by molar-refractivity contribution is 5.26. The lowest BCUT2D eigenvalue weighted by atomic mass is 10.1. The van der Waals surface area contributed by atoms with Crippen molar-refractivity contribution >= 4 is 0 Å². The maximum Gasteiger partial charge on any atom is 0.145 e. The van der Waals surface area contributed by atoms with Gasteiger partial charge in [0, 0.05) is 19.3 Å². The summed E-state index contributed by atoms with van der Waals surface area (Å²) in [6.45, 7) is 2.08. The number of hydrogen-bond donors (Lipinski definition) is 3. The maximum absolute atomic E-state index is 9.39. The predicted octanol–water partition coefficient (Wildman–Crippen LogP) is -0.0752. The summed E-state index contributed by atoms with van der Waals surface area (Å²) in [4.78, 5) is 1.77. The molecule has 0 bridgehead atoms. The molecule has 0 saturated carbocycles. The number of rotatable bonds is 1. The van der Waals surface area contributed by atoms with Crippen LogP contribution in [0.4, 0.5) is 0 Å². The summed E-state index contributed by atoms with van der Waals surface area (Å²) in [6, 6.07) is 0. The molecular weight excluding hydrogens is 156 g/mol. The Morgan fingerprint density at radius 2 is 2.25 bits per heavy atom. The van der Waals surface area contributed by atoms with Gasteiger partial charge in [-0.2, -0.15) is 0 Å². The lowest BCUT2D eigenvalue weighted by Gasteiger charge is -2.29. The van der Waals surface area contributed by atoms with Crippen molar-refractivity contribution in [2.24, 2.45) is 5.73 Å². The molecule has 4 nitrogen and oxygen atoms in total. The molecule has 0 saturated heterocycles. The van der Waals surface area contributed by atoms with Crippen molar-refractivity contribution in [3.63, 3.8) is 0 Å². The first kappa shape index (κ1) is 9.09. The fourth-order valence-corrected chi connectivity index (χ4v) is 1.22. The Morgan fingerprint density at radius 3 is 2.75 bits per heavy atom. The summed E-state index contributed by atoms with van der Waals surface area (Å²) in [7, 11) is 1.80. The van der Waals surface area contributed by atoms with Crippen LogP contribution in [-0.2, 0) is 0 Å². The van der Waals surface area contributed by atoms with Crippen molar-refractivity contribution in [1.29, 1.82) is 0 Å². The Bertz CT molecular complexity index is 245. The first-order valence-corrected chi connectivity index (χ1v) is 3.80. The minimum absolute atomic E-state index is 0.0504. The van der Waals surface area contributed by atoms with Gasteiger partial charge < -0.3 is 20.8 Å². The Kier molecular flexibility index (Phi) is 2.40. The fraction of sp³-hybridized carbons (Fsp3) is 0.500. The Balaban J connectivity index is 3.00. The summed E-state index contributed by atoms with van der Waals surface area (Å²) in [5.41, 5.74) is 6.87. The zero-order valence-corrected chi connectivity index (χ0v) is 7.28. The predicted molar refractivity (Wildman–Crippen MR) is 46.2 cm³/mol. The van der Waals surface area contributed by atoms with E-state index in [1.807, 2.05) is 6.92 Å². The summed E-state index contributed by atoms with van der Waals surface area (Å²) in [5.74, 6) is -0.0504. The van der Waals surface area contributed by atoms with E-state index in [-0.39, 0.29) is 12.3 Å². The van der Waals surface area contributed by atoms with Gasteiger partial charge in [-0.1, -0.05) is 0 Å². The number of allylic oxidation sites excluding steroid dienone is 1. The maximum atomic E-state index is 9.39. The monoisotopic (exact) mass is 170 g/mol. The van der Waals surface area contributed by atoms with E-state index >= 15 is 0 Å². The minimum Gasteiger partial charge on any atom is -0.507 e. The molecule has 4 heteroatoms. The smallest absolute Gasteiger partial charge is 0.145 e. The van der Waals surface area contributed by atoms with Gasteiger partial charge in [0.15, 0.2) is 0 Å². The van der Waals surface area contributed by atoms with Crippen molar-refractivity contribution in [2.75, 3.05) is 13.6 Å². The minimum atomic E-state index is -0.903. The third-order valence-corrected chi connectivity index (χ3v) is 2.10. The van der Waals surface area contributed by atoms with E-state index in [2.05, 4.69) is 0 Å². The summed E-state index contributed by atoms with van der Waals surface area (Å²) in [5, 5.41) is 18.7. The van der Waals surface area contributed by atoms with E-state index < -0.39 is 6.10 Å². The molecule has 1 rings (SSSR count). The molecule has 0 amide bonds. The van der Waals surface area contributed by atoms with Crippen molar-refractivity contribution in [2.45, 2.75) is 13.0 Å². The topological polar surface area (TPSA) is 69.7 Å². The number of aliphatic hydroxyl groups excluding tert-OH is 2. The van der Waals surface area contributed by atoms with E-state index in [0.29, 0.717) is 5.70 Å². The van der Waals surface area contributed by atoms with Gasteiger partial charge in [-0.05, 0) is 13.0 Å². The SMILES string of the molecule is CC1=CC(O)C(O)=C(CN)N1C. The van der Waals surface area contributed by atoms with Crippen LogP contribution in [0.2, 0.25) is 0 Å². The van der Waals surface area contributed by atoms with E-state index in [1.165, 1.54) is 0 Å². The zero-order valence-electron chi connectivity index (χ0n) is 7.28. The lowest BCUT2D eigenvalue weighted by Crippen LogP contribution is -2.31. The molecule has 1 heterocycles. The highest BCUT2D eigenvalue weighted by atomic mass is 16.3. The first-order valence-electron chi connectivity index (χ1n) is 3.80. The van der Waals surface area contributed by atoms with Crippen LogP contribution in [0.3, 0.4) is 0 Å². The van der Waals surface area contributed by atoms with Gasteiger partial charge in [0.2, 0.25) is 0 Å². The van der Waals surface area contributed by atoms with Crippen LogP contribution in [-0.4, -0.2) is 34.8 Å². The molecule has 1 aliphatic rings. The average molecular weight is 170 g/mol. The van der Waals surface area contributed by atoms with E-state index in [0.717, 1.165) is 5.70 Å². The highest BCUT2D eigenvalue weighted by Crippen LogP contribution is 2.21. The number of nitrogens with zero attached hydrogens (tertiary/aromatic N) is 1. The number of likely N-dealkylation sites (N-methyl/N-ethyl adjacent to an activating group) is 1. The normalized spacial score (nSPS) is 24.5. The van der Waals surface area contributed by atoms with Gasteiger partial charge in [-0.3, -0.25) is 0 Å². The Morgan fingerprint density at radius 1 is 1.67 bits per heavy atom. The van der Waals surface area contributed by atoms with Crippen molar-refractivity contribution in [3.05, 3.63) is 23.2 Å². The molecule has 12 heavy (non-hydrogen) atoms. The van der Waals surface area contributed by atoms with E-state index in [4.69, 9.17) is 5.73 Å². The zero-order chi connectivity index (χ0) is 9.30. The molecule has 0 aliphatic carbocycles. The van der Waals surface area contributed by atoms with Gasteiger partial charge in [0.25, 0.3) is 0 Å². The van der Waals surface area contributed by atoms with Gasteiger partial charge >= 0.3 is 0 Å². The molecule has 68 valence electrons. The van der Waals surface area contributed by atoms with Crippen LogP contribution in [0, 0.1) is 0 Å². The second-order valence-electron chi connectivity index (χ2n) is 2.85. The first-order chi connectivity index (χ1) is 5.57. The number of nitrogens with two attached hydrogens (primary N) is 1. The average Bonchev–Trinajstić information content (AvgIpc) is 2.02. The van der Waals surface area contributed by atoms with E-state index in [1.54, 1.807) is 18.0 Å². The fourth-order valence-electron chi connectivity index (χ4n) is 1.22. The summed E-state index contributed by atoms with van der Waals surface area (Å²) >= 11 is 0. The molecule has 0 radical (unpaired) electrons. The van der Waals surface area contributed by atoms with Crippen LogP contribution < -0.4 is 5.73 Å². The number of hydrogen-bond acceptors (Lipinski definition) is 4. The Hall–Kier alpha value is -1.00. The van der Waals surface area contributed by atoms with Gasteiger partial charge in [-0.25, -0.2) is 0 Å². The molecule has 0 spiro atoms. The Labute approximate surface area is 71.6 Å². The van der Waals surface area contributed by atoms with Crippen LogP contribution in [0.5, 0.6) is 0 Å². The molecule has 0 aromatic heterocycles. The molecule has 1 atom stereocenters. The van der Waals surface area contributed by atoms with Crippen LogP contribution in [0.15, 0.2) is 23.2 Å². The second kappa shape index (κ2) is 3.16. The van der Waals surface area contributed by atoms with Gasteiger partial charge in [0.1, 0.15) is 11.9 Å². The molecular formula is C8H14N2O2. The largest absolute Gasteiger partial charge is 0.507 e. The summed E-state index contributed by atoms with van der Waals surface area (Å²) in [6.07, 6.45) is 0.675. The van der Waals surface area contributed by atoms with Crippen molar-refractivity contribution < 1.29 is 10.2 Å². The molecule has 0 aromatic carbocycles.